The largest absolute Gasteiger partial charge is 0.495 e. The van der Waals surface area contributed by atoms with Crippen molar-refractivity contribution in [1.82, 2.24) is 0 Å². The van der Waals surface area contributed by atoms with Gasteiger partial charge in [-0.25, -0.2) is 4.79 Å². The minimum absolute atomic E-state index is 0.210. The van der Waals surface area contributed by atoms with Crippen molar-refractivity contribution in [3.05, 3.63) is 76.8 Å². The predicted octanol–water partition coefficient (Wildman–Crippen LogP) is 6.54. The number of hydrogen-bond donors (Lipinski definition) is 3. The van der Waals surface area contributed by atoms with Crippen LogP contribution in [0, 0.1) is 6.92 Å². The van der Waals surface area contributed by atoms with E-state index in [4.69, 9.17) is 16.3 Å². The molecule has 0 aromatic heterocycles. The van der Waals surface area contributed by atoms with Gasteiger partial charge in [0.25, 0.3) is 5.91 Å². The summed E-state index contributed by atoms with van der Waals surface area (Å²) < 4.78 is 5.33. The van der Waals surface area contributed by atoms with Crippen LogP contribution in [0.1, 0.15) is 35.2 Å². The Bertz CT molecular complexity index is 1220. The summed E-state index contributed by atoms with van der Waals surface area (Å²) in [5.41, 5.74) is 4.15. The highest BCUT2D eigenvalue weighted by Crippen LogP contribution is 2.33. The monoisotopic (exact) mass is 492 g/mol. The van der Waals surface area contributed by atoms with Crippen LogP contribution in [0.3, 0.4) is 0 Å². The van der Waals surface area contributed by atoms with E-state index in [1.165, 1.54) is 13.5 Å². The molecule has 35 heavy (non-hydrogen) atoms. The molecule has 1 aliphatic rings. The number of ether oxygens (including phenoxy) is 1. The summed E-state index contributed by atoms with van der Waals surface area (Å²) in [5, 5.41) is 9.18. The van der Waals surface area contributed by atoms with Gasteiger partial charge in [-0.1, -0.05) is 29.3 Å². The fourth-order valence-electron chi connectivity index (χ4n) is 4.17. The average molecular weight is 493 g/mol. The van der Waals surface area contributed by atoms with Crippen LogP contribution in [0.2, 0.25) is 5.02 Å². The molecular weight excluding hydrogens is 464 g/mol. The smallest absolute Gasteiger partial charge is 0.323 e. The first-order valence-corrected chi connectivity index (χ1v) is 12.0. The van der Waals surface area contributed by atoms with Crippen molar-refractivity contribution in [1.29, 1.82) is 0 Å². The summed E-state index contributed by atoms with van der Waals surface area (Å²) in [7, 11) is 1.53. The highest BCUT2D eigenvalue weighted by atomic mass is 35.5. The Labute approximate surface area is 210 Å². The van der Waals surface area contributed by atoms with Gasteiger partial charge < -0.3 is 25.6 Å². The normalized spacial score (nSPS) is 13.2. The zero-order valence-corrected chi connectivity index (χ0v) is 20.6. The van der Waals surface area contributed by atoms with Crippen molar-refractivity contribution in [2.45, 2.75) is 26.2 Å². The van der Waals surface area contributed by atoms with Crippen LogP contribution in [0.25, 0.3) is 0 Å². The van der Waals surface area contributed by atoms with Crippen LogP contribution in [0.15, 0.2) is 60.7 Å². The Morgan fingerprint density at radius 2 is 1.66 bits per heavy atom. The van der Waals surface area contributed by atoms with Crippen molar-refractivity contribution < 1.29 is 14.3 Å². The molecule has 0 saturated carbocycles. The highest BCUT2D eigenvalue weighted by Gasteiger charge is 2.18. The first-order chi connectivity index (χ1) is 16.9. The molecule has 1 saturated heterocycles. The van der Waals surface area contributed by atoms with Crippen molar-refractivity contribution in [3.8, 4) is 5.75 Å². The molecule has 1 aliphatic heterocycles. The molecule has 0 atom stereocenters. The molecule has 7 nitrogen and oxygen atoms in total. The summed E-state index contributed by atoms with van der Waals surface area (Å²) in [5.74, 6) is 0.290. The Hall–Kier alpha value is -3.71. The van der Waals surface area contributed by atoms with Gasteiger partial charge in [0, 0.05) is 29.4 Å². The highest BCUT2D eigenvalue weighted by molar-refractivity contribution is 6.31. The first-order valence-electron chi connectivity index (χ1n) is 11.6. The lowest BCUT2D eigenvalue weighted by Gasteiger charge is -2.31. The number of carbonyl (C=O) groups excluding carboxylic acids is 2. The van der Waals surface area contributed by atoms with Gasteiger partial charge in [0.1, 0.15) is 5.75 Å². The SMILES string of the molecule is COc1ccc(Cl)cc1NC(=O)Nc1cc(NC(=O)c2cccc(C)c2)ccc1N1CCCCC1. The van der Waals surface area contributed by atoms with Crippen molar-refractivity contribution in [2.24, 2.45) is 0 Å². The Morgan fingerprint density at radius 1 is 0.886 bits per heavy atom. The van der Waals surface area contributed by atoms with Crippen LogP contribution in [-0.2, 0) is 0 Å². The second kappa shape index (κ2) is 11.1. The van der Waals surface area contributed by atoms with Crippen molar-refractivity contribution in [2.75, 3.05) is 41.0 Å². The molecule has 3 amide bonds. The third-order valence-corrected chi connectivity index (χ3v) is 6.12. The minimum Gasteiger partial charge on any atom is -0.495 e. The third-order valence-electron chi connectivity index (χ3n) is 5.89. The summed E-state index contributed by atoms with van der Waals surface area (Å²) in [6, 6.07) is 17.6. The predicted molar refractivity (Wildman–Crippen MR) is 142 cm³/mol. The van der Waals surface area contributed by atoms with E-state index in [1.54, 1.807) is 30.3 Å². The zero-order chi connectivity index (χ0) is 24.8. The second-order valence-corrected chi connectivity index (χ2v) is 8.96. The van der Waals surface area contributed by atoms with E-state index in [0.29, 0.717) is 33.4 Å². The Kier molecular flexibility index (Phi) is 7.77. The molecule has 0 unspecified atom stereocenters. The lowest BCUT2D eigenvalue weighted by atomic mass is 10.1. The maximum atomic E-state index is 13.0. The molecule has 1 heterocycles. The first kappa shape index (κ1) is 24.4. The molecule has 0 aliphatic carbocycles. The number of halogens is 1. The summed E-state index contributed by atoms with van der Waals surface area (Å²) >= 11 is 6.10. The number of amides is 3. The van der Waals surface area contributed by atoms with Crippen LogP contribution in [0.4, 0.5) is 27.5 Å². The van der Waals surface area contributed by atoms with E-state index in [9.17, 15) is 9.59 Å². The third kappa shape index (κ3) is 6.25. The lowest BCUT2D eigenvalue weighted by molar-refractivity contribution is 0.102. The summed E-state index contributed by atoms with van der Waals surface area (Å²) in [6.45, 7) is 3.76. The molecule has 3 N–H and O–H groups in total. The van der Waals surface area contributed by atoms with E-state index in [1.807, 2.05) is 37.3 Å². The molecule has 1 fully saturated rings. The van der Waals surface area contributed by atoms with E-state index in [2.05, 4.69) is 20.9 Å². The van der Waals surface area contributed by atoms with Gasteiger partial charge >= 0.3 is 6.03 Å². The Balaban J connectivity index is 1.58. The number of hydrogen-bond acceptors (Lipinski definition) is 4. The fraction of sp³-hybridized carbons (Fsp3) is 0.259. The number of piperidine rings is 1. The van der Waals surface area contributed by atoms with Gasteiger partial charge in [-0.15, -0.1) is 0 Å². The number of urea groups is 1. The maximum absolute atomic E-state index is 13.0. The van der Waals surface area contributed by atoms with E-state index >= 15 is 0 Å². The van der Waals surface area contributed by atoms with Gasteiger partial charge in [-0.3, -0.25) is 4.79 Å². The molecule has 0 spiro atoms. The molecule has 0 bridgehead atoms. The molecule has 3 aromatic rings. The van der Waals surface area contributed by atoms with Crippen LogP contribution < -0.4 is 25.6 Å². The number of anilines is 4. The van der Waals surface area contributed by atoms with Gasteiger partial charge in [-0.2, -0.15) is 0 Å². The number of methoxy groups -OCH3 is 1. The molecule has 182 valence electrons. The van der Waals surface area contributed by atoms with Gasteiger partial charge in [0.05, 0.1) is 24.2 Å². The zero-order valence-electron chi connectivity index (χ0n) is 19.9. The summed E-state index contributed by atoms with van der Waals surface area (Å²) in [4.78, 5) is 28.0. The number of carbonyl (C=O) groups is 2. The van der Waals surface area contributed by atoms with Crippen LogP contribution in [0.5, 0.6) is 5.75 Å². The molecule has 0 radical (unpaired) electrons. The summed E-state index contributed by atoms with van der Waals surface area (Å²) in [6.07, 6.45) is 3.38. The fourth-order valence-corrected chi connectivity index (χ4v) is 4.34. The quantitative estimate of drug-likeness (QED) is 0.364. The number of aryl methyl sites for hydroxylation is 1. The molecule has 4 rings (SSSR count). The second-order valence-electron chi connectivity index (χ2n) is 8.53. The van der Waals surface area contributed by atoms with Crippen LogP contribution in [-0.4, -0.2) is 32.1 Å². The molecular formula is C27H29ClN4O3. The Morgan fingerprint density at radius 3 is 2.40 bits per heavy atom. The van der Waals surface area contributed by atoms with E-state index in [0.717, 1.165) is 37.2 Å². The lowest BCUT2D eigenvalue weighted by Crippen LogP contribution is -2.31. The average Bonchev–Trinajstić information content (AvgIpc) is 2.85. The van der Waals surface area contributed by atoms with Crippen LogP contribution >= 0.6 is 11.6 Å². The molecule has 3 aromatic carbocycles. The van der Waals surface area contributed by atoms with Gasteiger partial charge in [0.2, 0.25) is 0 Å². The topological polar surface area (TPSA) is 82.7 Å². The number of benzene rings is 3. The van der Waals surface area contributed by atoms with Gasteiger partial charge in [0.15, 0.2) is 0 Å². The number of nitrogens with one attached hydrogen (secondary N) is 3. The number of rotatable bonds is 6. The minimum atomic E-state index is -0.439. The van der Waals surface area contributed by atoms with Crippen molar-refractivity contribution in [3.63, 3.8) is 0 Å². The number of nitrogens with zero attached hydrogens (tertiary/aromatic N) is 1. The van der Waals surface area contributed by atoms with Gasteiger partial charge in [-0.05, 0) is 74.7 Å². The standard InChI is InChI=1S/C27H29ClN4O3/c1-18-7-6-8-19(15-18)26(33)29-21-10-11-24(32-13-4-3-5-14-32)22(17-21)30-27(34)31-23-16-20(28)9-12-25(23)35-2/h6-12,15-17H,3-5,13-14H2,1-2H3,(H,29,33)(H2,30,31,34). The van der Waals surface area contributed by atoms with Crippen molar-refractivity contribution >= 4 is 46.3 Å². The van der Waals surface area contributed by atoms with E-state index in [-0.39, 0.29) is 5.91 Å². The van der Waals surface area contributed by atoms with E-state index < -0.39 is 6.03 Å². The molecule has 8 heteroatoms. The maximum Gasteiger partial charge on any atom is 0.323 e.